The molecule has 0 atom stereocenters. The highest BCUT2D eigenvalue weighted by molar-refractivity contribution is 6.32. The lowest BCUT2D eigenvalue weighted by atomic mass is 10.1. The van der Waals surface area contributed by atoms with Gasteiger partial charge in [-0.05, 0) is 26.0 Å². The molecular weight excluding hydrogens is 326 g/mol. The lowest BCUT2D eigenvalue weighted by Gasteiger charge is -2.09. The average Bonchev–Trinajstić information content (AvgIpc) is 2.50. The molecule has 7 nitrogen and oxygen atoms in total. The lowest BCUT2D eigenvalue weighted by Crippen LogP contribution is -2.21. The number of hydrogen-bond donors (Lipinski definition) is 0. The van der Waals surface area contributed by atoms with Crippen LogP contribution in [-0.2, 0) is 19.1 Å². The number of esters is 1. The van der Waals surface area contributed by atoms with Crippen molar-refractivity contribution in [2.75, 3.05) is 13.7 Å². The number of ketones is 1. The summed E-state index contributed by atoms with van der Waals surface area (Å²) < 4.78 is 9.74. The number of nitrogens with zero attached hydrogens (tertiary/aromatic N) is 1. The minimum absolute atomic E-state index is 0.162. The molecule has 0 bridgehead atoms. The van der Waals surface area contributed by atoms with E-state index >= 15 is 0 Å². The molecule has 0 aliphatic carbocycles. The number of Topliss-reactive ketones (excluding diaryl/α,β-unsaturated/α-hetero) is 1. The van der Waals surface area contributed by atoms with Gasteiger partial charge >= 0.3 is 5.97 Å². The Morgan fingerprint density at radius 2 is 2.04 bits per heavy atom. The van der Waals surface area contributed by atoms with Crippen LogP contribution in [0, 0.1) is 10.1 Å². The normalized spacial score (nSPS) is 11.4. The maximum absolute atomic E-state index is 12.1. The van der Waals surface area contributed by atoms with Crippen molar-refractivity contribution >= 4 is 35.1 Å². The van der Waals surface area contributed by atoms with Crippen molar-refractivity contribution in [3.05, 3.63) is 44.5 Å². The second-order valence-electron chi connectivity index (χ2n) is 4.80. The molecule has 1 aromatic carbocycles. The van der Waals surface area contributed by atoms with E-state index < -0.39 is 16.7 Å². The van der Waals surface area contributed by atoms with Crippen molar-refractivity contribution < 1.29 is 24.0 Å². The van der Waals surface area contributed by atoms with Crippen LogP contribution in [0.3, 0.4) is 0 Å². The maximum Gasteiger partial charge on any atom is 0.341 e. The monoisotopic (exact) mass is 341 g/mol. The van der Waals surface area contributed by atoms with Crippen LogP contribution in [0.1, 0.15) is 19.4 Å². The molecule has 0 spiro atoms. The Labute approximate surface area is 138 Å². The number of non-ortho nitro benzene ring substituents is 1. The van der Waals surface area contributed by atoms with Gasteiger partial charge in [0.15, 0.2) is 5.78 Å². The average molecular weight is 342 g/mol. The second kappa shape index (κ2) is 8.40. The van der Waals surface area contributed by atoms with Gasteiger partial charge in [0, 0.05) is 22.7 Å². The second-order valence-corrected chi connectivity index (χ2v) is 5.20. The molecule has 0 aliphatic heterocycles. The van der Waals surface area contributed by atoms with Crippen LogP contribution in [0.4, 0.5) is 5.69 Å². The Kier molecular flexibility index (Phi) is 6.87. The van der Waals surface area contributed by atoms with Gasteiger partial charge in [-0.3, -0.25) is 14.9 Å². The van der Waals surface area contributed by atoms with E-state index in [1.807, 2.05) is 0 Å². The van der Waals surface area contributed by atoms with Crippen LogP contribution >= 0.6 is 11.6 Å². The number of carbonyl (C=O) groups excluding carboxylic acids is 2. The summed E-state index contributed by atoms with van der Waals surface area (Å²) in [7, 11) is 1.13. The van der Waals surface area contributed by atoms with Crippen molar-refractivity contribution in [2.45, 2.75) is 20.0 Å². The Bertz CT molecular complexity index is 653. The Hall–Kier alpha value is -2.25. The standard InChI is InChI=1S/C15H16ClNO6/c1-9(2)23-8-14(18)12(15(19)22-3)7-10-6-11(17(20)21)4-5-13(10)16/h4-7,9H,8H2,1-3H3. The van der Waals surface area contributed by atoms with Crippen LogP contribution in [0.2, 0.25) is 5.02 Å². The van der Waals surface area contributed by atoms with Crippen molar-refractivity contribution in [1.29, 1.82) is 0 Å². The van der Waals surface area contributed by atoms with Crippen molar-refractivity contribution in [3.63, 3.8) is 0 Å². The molecule has 1 rings (SSSR count). The first-order valence-electron chi connectivity index (χ1n) is 6.65. The Morgan fingerprint density at radius 3 is 2.57 bits per heavy atom. The van der Waals surface area contributed by atoms with Crippen LogP contribution in [0.25, 0.3) is 6.08 Å². The summed E-state index contributed by atoms with van der Waals surface area (Å²) >= 11 is 5.96. The van der Waals surface area contributed by atoms with E-state index in [1.54, 1.807) is 13.8 Å². The number of carbonyl (C=O) groups is 2. The number of nitro benzene ring substituents is 1. The number of nitro groups is 1. The molecule has 0 amide bonds. The molecule has 0 saturated heterocycles. The largest absolute Gasteiger partial charge is 0.465 e. The summed E-state index contributed by atoms with van der Waals surface area (Å²) in [5.41, 5.74) is -0.342. The van der Waals surface area contributed by atoms with Gasteiger partial charge in [0.25, 0.3) is 5.69 Å². The highest BCUT2D eigenvalue weighted by Gasteiger charge is 2.21. The third kappa shape index (κ3) is 5.46. The molecule has 0 fully saturated rings. The van der Waals surface area contributed by atoms with Gasteiger partial charge in [0.05, 0.1) is 18.1 Å². The molecule has 124 valence electrons. The van der Waals surface area contributed by atoms with E-state index in [9.17, 15) is 19.7 Å². The van der Waals surface area contributed by atoms with Crippen LogP contribution in [-0.4, -0.2) is 36.5 Å². The van der Waals surface area contributed by atoms with Gasteiger partial charge in [-0.2, -0.15) is 0 Å². The third-order valence-electron chi connectivity index (χ3n) is 2.74. The first-order valence-corrected chi connectivity index (χ1v) is 7.02. The van der Waals surface area contributed by atoms with Gasteiger partial charge in [0.2, 0.25) is 0 Å². The Balaban J connectivity index is 3.24. The molecular formula is C15H16ClNO6. The fraction of sp³-hybridized carbons (Fsp3) is 0.333. The molecule has 23 heavy (non-hydrogen) atoms. The quantitative estimate of drug-likeness (QED) is 0.189. The molecule has 1 aromatic rings. The summed E-state index contributed by atoms with van der Waals surface area (Å²) in [6, 6.07) is 3.71. The number of ether oxygens (including phenoxy) is 2. The van der Waals surface area contributed by atoms with Gasteiger partial charge in [-0.25, -0.2) is 4.79 Å². The molecule has 0 saturated carbocycles. The maximum atomic E-state index is 12.1. The van der Waals surface area contributed by atoms with Gasteiger partial charge in [0.1, 0.15) is 12.2 Å². The van der Waals surface area contributed by atoms with E-state index in [0.717, 1.165) is 13.2 Å². The molecule has 0 heterocycles. The molecule has 8 heteroatoms. The molecule has 0 radical (unpaired) electrons. The van der Waals surface area contributed by atoms with E-state index in [0.29, 0.717) is 0 Å². The number of halogens is 1. The molecule has 0 aromatic heterocycles. The van der Waals surface area contributed by atoms with E-state index in [1.165, 1.54) is 18.2 Å². The summed E-state index contributed by atoms with van der Waals surface area (Å²) in [4.78, 5) is 34.1. The molecule has 0 unspecified atom stereocenters. The first kappa shape index (κ1) is 18.8. The van der Waals surface area contributed by atoms with E-state index in [2.05, 4.69) is 4.74 Å². The fourth-order valence-electron chi connectivity index (χ4n) is 1.59. The first-order chi connectivity index (χ1) is 10.8. The smallest absolute Gasteiger partial charge is 0.341 e. The lowest BCUT2D eigenvalue weighted by molar-refractivity contribution is -0.384. The number of methoxy groups -OCH3 is 1. The molecule has 0 aliphatic rings. The third-order valence-corrected chi connectivity index (χ3v) is 3.09. The number of benzene rings is 1. The zero-order valence-corrected chi connectivity index (χ0v) is 13.6. The van der Waals surface area contributed by atoms with Gasteiger partial charge < -0.3 is 9.47 Å². The van der Waals surface area contributed by atoms with Gasteiger partial charge in [-0.15, -0.1) is 0 Å². The van der Waals surface area contributed by atoms with Crippen molar-refractivity contribution in [1.82, 2.24) is 0 Å². The highest BCUT2D eigenvalue weighted by atomic mass is 35.5. The number of rotatable bonds is 7. The summed E-state index contributed by atoms with van der Waals surface area (Å²) in [5.74, 6) is -1.47. The van der Waals surface area contributed by atoms with E-state index in [-0.39, 0.29) is 34.6 Å². The van der Waals surface area contributed by atoms with Gasteiger partial charge in [-0.1, -0.05) is 11.6 Å². The van der Waals surface area contributed by atoms with Crippen LogP contribution in [0.15, 0.2) is 23.8 Å². The zero-order valence-electron chi connectivity index (χ0n) is 12.9. The molecule has 0 N–H and O–H groups in total. The zero-order chi connectivity index (χ0) is 17.6. The van der Waals surface area contributed by atoms with Crippen molar-refractivity contribution in [2.24, 2.45) is 0 Å². The van der Waals surface area contributed by atoms with Crippen LogP contribution in [0.5, 0.6) is 0 Å². The highest BCUT2D eigenvalue weighted by Crippen LogP contribution is 2.24. The van der Waals surface area contributed by atoms with Crippen LogP contribution < -0.4 is 0 Å². The minimum Gasteiger partial charge on any atom is -0.465 e. The fourth-order valence-corrected chi connectivity index (χ4v) is 1.77. The summed E-state index contributed by atoms with van der Waals surface area (Å²) in [5, 5.41) is 11.0. The number of hydrogen-bond acceptors (Lipinski definition) is 6. The minimum atomic E-state index is -0.870. The topological polar surface area (TPSA) is 95.7 Å². The predicted molar refractivity (Wildman–Crippen MR) is 84.2 cm³/mol. The SMILES string of the molecule is COC(=O)C(=Cc1cc([N+](=O)[O-])ccc1Cl)C(=O)COC(C)C. The Morgan fingerprint density at radius 1 is 1.39 bits per heavy atom. The van der Waals surface area contributed by atoms with E-state index in [4.69, 9.17) is 16.3 Å². The predicted octanol–water partition coefficient (Wildman–Crippen LogP) is 2.80. The summed E-state index contributed by atoms with van der Waals surface area (Å²) in [6.07, 6.45) is 0.965. The summed E-state index contributed by atoms with van der Waals surface area (Å²) in [6.45, 7) is 3.17. The van der Waals surface area contributed by atoms with Crippen molar-refractivity contribution in [3.8, 4) is 0 Å².